The first-order valence-electron chi connectivity index (χ1n) is 8.48. The van der Waals surface area contributed by atoms with E-state index in [9.17, 15) is 4.39 Å². The van der Waals surface area contributed by atoms with Gasteiger partial charge in [-0.1, -0.05) is 44.0 Å². The molecule has 0 unspecified atom stereocenters. The summed E-state index contributed by atoms with van der Waals surface area (Å²) in [5.41, 5.74) is 1.98. The minimum Gasteiger partial charge on any atom is -0.493 e. The molecular weight excluding hydrogens is 341 g/mol. The molecule has 0 saturated heterocycles. The summed E-state index contributed by atoms with van der Waals surface area (Å²) in [6, 6.07) is 12.2. The van der Waals surface area contributed by atoms with Crippen LogP contribution in [0, 0.1) is 5.82 Å². The zero-order valence-electron chi connectivity index (χ0n) is 14.9. The zero-order valence-corrected chi connectivity index (χ0v) is 15.7. The van der Waals surface area contributed by atoms with E-state index in [4.69, 9.17) is 9.47 Å². The van der Waals surface area contributed by atoms with E-state index in [1.807, 2.05) is 18.2 Å². The molecule has 25 heavy (non-hydrogen) atoms. The SMILES string of the molecule is CCCCCNCc1cccc(OC)c1OCc1ccc(F)cc1.Cl. The number of nitrogens with one attached hydrogen (secondary N) is 1. The van der Waals surface area contributed by atoms with Crippen molar-refractivity contribution in [2.45, 2.75) is 39.3 Å². The normalized spacial score (nSPS) is 10.2. The van der Waals surface area contributed by atoms with E-state index in [0.29, 0.717) is 12.4 Å². The van der Waals surface area contributed by atoms with Crippen LogP contribution < -0.4 is 14.8 Å². The fraction of sp³-hybridized carbons (Fsp3) is 0.400. The Bertz CT molecular complexity index is 620. The van der Waals surface area contributed by atoms with E-state index >= 15 is 0 Å². The smallest absolute Gasteiger partial charge is 0.166 e. The largest absolute Gasteiger partial charge is 0.493 e. The van der Waals surface area contributed by atoms with Gasteiger partial charge in [-0.25, -0.2) is 4.39 Å². The first kappa shape index (κ1) is 21.3. The summed E-state index contributed by atoms with van der Waals surface area (Å²) >= 11 is 0. The number of halogens is 2. The maximum absolute atomic E-state index is 13.0. The molecule has 0 aliphatic carbocycles. The lowest BCUT2D eigenvalue weighted by molar-refractivity contribution is 0.280. The Morgan fingerprint density at radius 1 is 1.04 bits per heavy atom. The van der Waals surface area contributed by atoms with Crippen LogP contribution in [-0.4, -0.2) is 13.7 Å². The third kappa shape index (κ3) is 6.92. The molecule has 0 amide bonds. The predicted octanol–water partition coefficient (Wildman–Crippen LogP) is 5.11. The van der Waals surface area contributed by atoms with Crippen LogP contribution in [0.4, 0.5) is 4.39 Å². The van der Waals surface area contributed by atoms with Crippen molar-refractivity contribution in [3.8, 4) is 11.5 Å². The first-order valence-corrected chi connectivity index (χ1v) is 8.48. The van der Waals surface area contributed by atoms with Crippen molar-refractivity contribution in [1.82, 2.24) is 5.32 Å². The molecule has 3 nitrogen and oxygen atoms in total. The van der Waals surface area contributed by atoms with E-state index in [0.717, 1.165) is 30.0 Å². The lowest BCUT2D eigenvalue weighted by Gasteiger charge is -2.15. The number of para-hydroxylation sites is 1. The number of methoxy groups -OCH3 is 1. The molecular formula is C20H27ClFNO2. The zero-order chi connectivity index (χ0) is 17.2. The number of ether oxygens (including phenoxy) is 2. The summed E-state index contributed by atoms with van der Waals surface area (Å²) in [6.45, 7) is 4.30. The van der Waals surface area contributed by atoms with E-state index in [1.54, 1.807) is 19.2 Å². The molecule has 2 rings (SSSR count). The van der Waals surface area contributed by atoms with Crippen LogP contribution in [0.25, 0.3) is 0 Å². The van der Waals surface area contributed by atoms with Crippen molar-refractivity contribution >= 4 is 12.4 Å². The molecule has 0 aromatic heterocycles. The lowest BCUT2D eigenvalue weighted by atomic mass is 10.1. The Morgan fingerprint density at radius 2 is 1.80 bits per heavy atom. The Kier molecular flexibility index (Phi) is 9.97. The number of rotatable bonds is 10. The van der Waals surface area contributed by atoms with Gasteiger partial charge in [-0.05, 0) is 36.7 Å². The highest BCUT2D eigenvalue weighted by molar-refractivity contribution is 5.85. The van der Waals surface area contributed by atoms with Crippen molar-refractivity contribution < 1.29 is 13.9 Å². The fourth-order valence-corrected chi connectivity index (χ4v) is 2.48. The maximum atomic E-state index is 13.0. The van der Waals surface area contributed by atoms with Crippen molar-refractivity contribution in [3.63, 3.8) is 0 Å². The summed E-state index contributed by atoms with van der Waals surface area (Å²) in [4.78, 5) is 0. The third-order valence-electron chi connectivity index (χ3n) is 3.85. The molecule has 0 aliphatic heterocycles. The third-order valence-corrected chi connectivity index (χ3v) is 3.85. The van der Waals surface area contributed by atoms with E-state index in [-0.39, 0.29) is 18.2 Å². The van der Waals surface area contributed by atoms with Crippen molar-refractivity contribution in [2.24, 2.45) is 0 Å². The minimum atomic E-state index is -0.243. The molecule has 0 fully saturated rings. The van der Waals surface area contributed by atoms with Gasteiger partial charge in [-0.3, -0.25) is 0 Å². The molecule has 0 heterocycles. The highest BCUT2D eigenvalue weighted by atomic mass is 35.5. The number of benzene rings is 2. The molecule has 1 N–H and O–H groups in total. The minimum absolute atomic E-state index is 0. The second-order valence-corrected chi connectivity index (χ2v) is 5.75. The number of hydrogen-bond donors (Lipinski definition) is 1. The molecule has 0 atom stereocenters. The average Bonchev–Trinajstić information content (AvgIpc) is 2.61. The van der Waals surface area contributed by atoms with Gasteiger partial charge >= 0.3 is 0 Å². The topological polar surface area (TPSA) is 30.5 Å². The van der Waals surface area contributed by atoms with Gasteiger partial charge in [0.1, 0.15) is 12.4 Å². The van der Waals surface area contributed by atoms with Crippen molar-refractivity contribution in [3.05, 3.63) is 59.4 Å². The fourth-order valence-electron chi connectivity index (χ4n) is 2.48. The maximum Gasteiger partial charge on any atom is 0.166 e. The van der Waals surface area contributed by atoms with Crippen LogP contribution in [0.15, 0.2) is 42.5 Å². The predicted molar refractivity (Wildman–Crippen MR) is 102 cm³/mol. The Labute approximate surface area is 156 Å². The van der Waals surface area contributed by atoms with Crippen LogP contribution in [0.3, 0.4) is 0 Å². The van der Waals surface area contributed by atoms with Gasteiger partial charge in [0.05, 0.1) is 7.11 Å². The van der Waals surface area contributed by atoms with Gasteiger partial charge in [0.2, 0.25) is 0 Å². The van der Waals surface area contributed by atoms with Gasteiger partial charge in [0.25, 0.3) is 0 Å². The van der Waals surface area contributed by atoms with E-state index < -0.39 is 0 Å². The van der Waals surface area contributed by atoms with Gasteiger partial charge in [0, 0.05) is 12.1 Å². The Balaban J connectivity index is 0.00000312. The second-order valence-electron chi connectivity index (χ2n) is 5.75. The average molecular weight is 368 g/mol. The summed E-state index contributed by atoms with van der Waals surface area (Å²) < 4.78 is 24.4. The van der Waals surface area contributed by atoms with Crippen LogP contribution in [0.1, 0.15) is 37.3 Å². The molecule has 2 aromatic carbocycles. The second kappa shape index (κ2) is 11.7. The molecule has 0 aliphatic rings. The Morgan fingerprint density at radius 3 is 2.48 bits per heavy atom. The molecule has 0 bridgehead atoms. The van der Waals surface area contributed by atoms with Gasteiger partial charge in [-0.15, -0.1) is 12.4 Å². The van der Waals surface area contributed by atoms with E-state index in [1.165, 1.54) is 31.4 Å². The highest BCUT2D eigenvalue weighted by Crippen LogP contribution is 2.31. The van der Waals surface area contributed by atoms with Crippen LogP contribution in [0.5, 0.6) is 11.5 Å². The van der Waals surface area contributed by atoms with Crippen molar-refractivity contribution in [2.75, 3.05) is 13.7 Å². The highest BCUT2D eigenvalue weighted by Gasteiger charge is 2.10. The van der Waals surface area contributed by atoms with Gasteiger partial charge in [0.15, 0.2) is 11.5 Å². The molecule has 5 heteroatoms. The molecule has 0 spiro atoms. The molecule has 0 saturated carbocycles. The standard InChI is InChI=1S/C20H26FNO2.ClH/c1-3-4-5-13-22-14-17-7-6-8-19(23-2)20(17)24-15-16-9-11-18(21)12-10-16;/h6-12,22H,3-5,13-15H2,1-2H3;1H. The Hall–Kier alpha value is -1.78. The van der Waals surface area contributed by atoms with Crippen LogP contribution >= 0.6 is 12.4 Å². The van der Waals surface area contributed by atoms with Gasteiger partial charge < -0.3 is 14.8 Å². The first-order chi connectivity index (χ1) is 11.7. The summed E-state index contributed by atoms with van der Waals surface area (Å²) in [5.74, 6) is 1.21. The number of hydrogen-bond acceptors (Lipinski definition) is 3. The summed E-state index contributed by atoms with van der Waals surface area (Å²) in [5, 5.41) is 3.45. The van der Waals surface area contributed by atoms with Crippen LogP contribution in [-0.2, 0) is 13.2 Å². The van der Waals surface area contributed by atoms with E-state index in [2.05, 4.69) is 12.2 Å². The summed E-state index contributed by atoms with van der Waals surface area (Å²) in [7, 11) is 1.64. The summed E-state index contributed by atoms with van der Waals surface area (Å²) in [6.07, 6.45) is 3.62. The monoisotopic (exact) mass is 367 g/mol. The van der Waals surface area contributed by atoms with Gasteiger partial charge in [-0.2, -0.15) is 0 Å². The molecule has 138 valence electrons. The lowest BCUT2D eigenvalue weighted by Crippen LogP contribution is -2.15. The van der Waals surface area contributed by atoms with Crippen molar-refractivity contribution in [1.29, 1.82) is 0 Å². The molecule has 2 aromatic rings. The quantitative estimate of drug-likeness (QED) is 0.591. The number of unbranched alkanes of at least 4 members (excludes halogenated alkanes) is 2. The van der Waals surface area contributed by atoms with Crippen LogP contribution in [0.2, 0.25) is 0 Å². The molecule has 0 radical (unpaired) electrons.